The fraction of sp³-hybridized carbons (Fsp3) is 0.647. The van der Waals surface area contributed by atoms with Gasteiger partial charge in [-0.3, -0.25) is 0 Å². The molecular weight excluding hydrogens is 300 g/mol. The summed E-state index contributed by atoms with van der Waals surface area (Å²) >= 11 is 3.53. The van der Waals surface area contributed by atoms with Gasteiger partial charge in [0, 0.05) is 10.9 Å². The summed E-state index contributed by atoms with van der Waals surface area (Å²) < 4.78 is 1.12. The van der Waals surface area contributed by atoms with E-state index in [0.29, 0.717) is 5.92 Å². The summed E-state index contributed by atoms with van der Waals surface area (Å²) in [6.45, 7) is 0. The summed E-state index contributed by atoms with van der Waals surface area (Å²) in [7, 11) is 0. The average Bonchev–Trinajstić information content (AvgIpc) is 2.99. The Kier molecular flexibility index (Phi) is 2.82. The molecule has 3 saturated carbocycles. The van der Waals surface area contributed by atoms with Crippen LogP contribution in [0.4, 0.5) is 0 Å². The van der Waals surface area contributed by atoms with E-state index in [1.54, 1.807) is 0 Å². The third kappa shape index (κ3) is 1.91. The second-order valence-electron chi connectivity index (χ2n) is 6.98. The van der Waals surface area contributed by atoms with E-state index in [4.69, 9.17) is 0 Å². The monoisotopic (exact) mass is 320 g/mol. The Morgan fingerprint density at radius 1 is 1.26 bits per heavy atom. The van der Waals surface area contributed by atoms with Crippen LogP contribution >= 0.6 is 15.9 Å². The van der Waals surface area contributed by atoms with Crippen LogP contribution < -0.4 is 0 Å². The highest BCUT2D eigenvalue weighted by Gasteiger charge is 2.59. The highest BCUT2D eigenvalue weighted by Crippen LogP contribution is 2.62. The molecule has 0 aromatic heterocycles. The number of hydrogen-bond acceptors (Lipinski definition) is 1. The van der Waals surface area contributed by atoms with Gasteiger partial charge in [-0.1, -0.05) is 34.5 Å². The quantitative estimate of drug-likeness (QED) is 0.866. The zero-order chi connectivity index (χ0) is 13.0. The third-order valence-corrected chi connectivity index (χ3v) is 6.50. The zero-order valence-electron chi connectivity index (χ0n) is 11.2. The van der Waals surface area contributed by atoms with Gasteiger partial charge in [0.25, 0.3) is 0 Å². The fourth-order valence-corrected chi connectivity index (χ4v) is 5.89. The molecule has 0 amide bonds. The highest BCUT2D eigenvalue weighted by molar-refractivity contribution is 9.10. The largest absolute Gasteiger partial charge is 0.389 e. The molecule has 0 spiro atoms. The van der Waals surface area contributed by atoms with Crippen molar-refractivity contribution in [1.29, 1.82) is 0 Å². The molecule has 19 heavy (non-hydrogen) atoms. The molecule has 3 aliphatic rings. The van der Waals surface area contributed by atoms with Crippen LogP contribution in [-0.2, 0) is 6.42 Å². The van der Waals surface area contributed by atoms with Crippen molar-refractivity contribution < 1.29 is 5.11 Å². The predicted molar refractivity (Wildman–Crippen MR) is 79.8 cm³/mol. The van der Waals surface area contributed by atoms with E-state index in [1.165, 1.54) is 31.2 Å². The minimum atomic E-state index is -0.420. The normalized spacial score (nSPS) is 43.7. The van der Waals surface area contributed by atoms with Crippen molar-refractivity contribution in [3.8, 4) is 0 Å². The van der Waals surface area contributed by atoms with Gasteiger partial charge in [-0.15, -0.1) is 0 Å². The molecule has 1 N–H and O–H groups in total. The van der Waals surface area contributed by atoms with Gasteiger partial charge in [-0.2, -0.15) is 0 Å². The number of rotatable bonds is 2. The van der Waals surface area contributed by atoms with E-state index < -0.39 is 5.60 Å². The van der Waals surface area contributed by atoms with E-state index in [-0.39, 0.29) is 0 Å². The Hall–Kier alpha value is -0.340. The van der Waals surface area contributed by atoms with Crippen molar-refractivity contribution in [1.82, 2.24) is 0 Å². The second-order valence-corrected chi connectivity index (χ2v) is 7.89. The lowest BCUT2D eigenvalue weighted by atomic mass is 9.71. The van der Waals surface area contributed by atoms with Crippen molar-refractivity contribution in [3.63, 3.8) is 0 Å². The van der Waals surface area contributed by atoms with Gasteiger partial charge in [-0.05, 0) is 67.1 Å². The van der Waals surface area contributed by atoms with Crippen LogP contribution in [0.1, 0.15) is 37.7 Å². The predicted octanol–water partition coefficient (Wildman–Crippen LogP) is 4.18. The molecule has 2 heteroatoms. The van der Waals surface area contributed by atoms with Gasteiger partial charge in [0.05, 0.1) is 5.60 Å². The van der Waals surface area contributed by atoms with Crippen LogP contribution in [0.15, 0.2) is 28.7 Å². The van der Waals surface area contributed by atoms with E-state index >= 15 is 0 Å². The van der Waals surface area contributed by atoms with Crippen molar-refractivity contribution in [2.45, 2.75) is 44.1 Å². The van der Waals surface area contributed by atoms with Crippen molar-refractivity contribution in [2.75, 3.05) is 0 Å². The topological polar surface area (TPSA) is 20.2 Å². The Balaban J connectivity index is 1.58. The summed E-state index contributed by atoms with van der Waals surface area (Å²) in [5.74, 6) is 3.17. The van der Waals surface area contributed by atoms with Crippen molar-refractivity contribution in [2.24, 2.45) is 23.7 Å². The number of aliphatic hydroxyl groups is 1. The van der Waals surface area contributed by atoms with Crippen molar-refractivity contribution >= 4 is 15.9 Å². The third-order valence-electron chi connectivity index (χ3n) is 6.01. The minimum Gasteiger partial charge on any atom is -0.389 e. The van der Waals surface area contributed by atoms with Crippen LogP contribution in [0.25, 0.3) is 0 Å². The van der Waals surface area contributed by atoms with Gasteiger partial charge in [0.2, 0.25) is 0 Å². The molecule has 3 aliphatic carbocycles. The molecule has 102 valence electrons. The van der Waals surface area contributed by atoms with Gasteiger partial charge in [0.15, 0.2) is 0 Å². The Labute approximate surface area is 123 Å². The summed E-state index contributed by atoms with van der Waals surface area (Å²) in [5, 5.41) is 11.2. The van der Waals surface area contributed by atoms with E-state index in [0.717, 1.165) is 35.1 Å². The summed E-state index contributed by atoms with van der Waals surface area (Å²) in [6, 6.07) is 8.45. The van der Waals surface area contributed by atoms with Gasteiger partial charge < -0.3 is 5.11 Å². The molecule has 4 rings (SSSR count). The molecule has 0 radical (unpaired) electrons. The van der Waals surface area contributed by atoms with Gasteiger partial charge in [-0.25, -0.2) is 0 Å². The first-order valence-electron chi connectivity index (χ1n) is 7.62. The lowest BCUT2D eigenvalue weighted by Crippen LogP contribution is -2.43. The lowest BCUT2D eigenvalue weighted by Gasteiger charge is -2.39. The maximum atomic E-state index is 11.2. The summed E-state index contributed by atoms with van der Waals surface area (Å²) in [4.78, 5) is 0. The lowest BCUT2D eigenvalue weighted by molar-refractivity contribution is -0.0450. The van der Waals surface area contributed by atoms with E-state index in [1.807, 2.05) is 0 Å². The Bertz CT molecular complexity index is 500. The zero-order valence-corrected chi connectivity index (χ0v) is 12.8. The van der Waals surface area contributed by atoms with Crippen LogP contribution in [0.3, 0.4) is 0 Å². The number of fused-ring (bicyclic) bond motifs is 5. The Morgan fingerprint density at radius 3 is 2.95 bits per heavy atom. The molecule has 0 aliphatic heterocycles. The summed E-state index contributed by atoms with van der Waals surface area (Å²) in [6.07, 6.45) is 7.38. The number of benzene rings is 1. The molecule has 5 unspecified atom stereocenters. The minimum absolute atomic E-state index is 0.420. The summed E-state index contributed by atoms with van der Waals surface area (Å²) in [5.41, 5.74) is 0.857. The molecule has 3 fully saturated rings. The molecule has 1 aromatic rings. The van der Waals surface area contributed by atoms with Crippen LogP contribution in [0.5, 0.6) is 0 Å². The second kappa shape index (κ2) is 4.33. The highest BCUT2D eigenvalue weighted by atomic mass is 79.9. The molecular formula is C17H21BrO. The molecule has 1 aromatic carbocycles. The number of hydrogen-bond donors (Lipinski definition) is 1. The van der Waals surface area contributed by atoms with Gasteiger partial charge >= 0.3 is 0 Å². The molecule has 0 heterocycles. The molecule has 5 atom stereocenters. The molecule has 1 nitrogen and oxygen atoms in total. The first-order chi connectivity index (χ1) is 9.16. The molecule has 2 bridgehead atoms. The fourth-order valence-electron chi connectivity index (χ4n) is 5.44. The standard InChI is InChI=1S/C17H21BrO/c18-13-4-1-3-11(7-13)9-17(19)10-12-8-16(17)15-6-2-5-14(12)15/h1,3-4,7,12,14-16,19H,2,5-6,8-10H2. The van der Waals surface area contributed by atoms with E-state index in [2.05, 4.69) is 40.2 Å². The van der Waals surface area contributed by atoms with Crippen LogP contribution in [0.2, 0.25) is 0 Å². The first-order valence-corrected chi connectivity index (χ1v) is 8.42. The van der Waals surface area contributed by atoms with E-state index in [9.17, 15) is 5.11 Å². The maximum Gasteiger partial charge on any atom is 0.0721 e. The first kappa shape index (κ1) is 12.4. The smallest absolute Gasteiger partial charge is 0.0721 e. The van der Waals surface area contributed by atoms with Crippen LogP contribution in [-0.4, -0.2) is 10.7 Å². The molecule has 0 saturated heterocycles. The Morgan fingerprint density at radius 2 is 2.11 bits per heavy atom. The SMILES string of the molecule is OC1(Cc2cccc(Br)c2)CC2CC1C1CCCC21. The van der Waals surface area contributed by atoms with Gasteiger partial charge in [0.1, 0.15) is 0 Å². The average molecular weight is 321 g/mol. The maximum absolute atomic E-state index is 11.2. The number of halogens is 1. The van der Waals surface area contributed by atoms with Crippen molar-refractivity contribution in [3.05, 3.63) is 34.3 Å². The van der Waals surface area contributed by atoms with Crippen LogP contribution in [0, 0.1) is 23.7 Å².